The molecule has 2 aromatic rings. The Bertz CT molecular complexity index is 466. The van der Waals surface area contributed by atoms with Crippen LogP contribution in [0, 0.1) is 0 Å². The van der Waals surface area contributed by atoms with Crippen LogP contribution >= 0.6 is 31.9 Å². The van der Waals surface area contributed by atoms with Gasteiger partial charge >= 0.3 is 0 Å². The number of fused-ring (bicyclic) bond motifs is 1. The van der Waals surface area contributed by atoms with Gasteiger partial charge in [-0.25, -0.2) is 0 Å². The SMILES string of the molecule is [B]c1ccc2cc(Br)cc(Br)c2c1. The van der Waals surface area contributed by atoms with E-state index in [1.54, 1.807) is 0 Å². The molecule has 0 spiro atoms. The lowest BCUT2D eigenvalue weighted by molar-refractivity contribution is 1.68. The molecule has 0 amide bonds. The lowest BCUT2D eigenvalue weighted by atomic mass is 9.94. The summed E-state index contributed by atoms with van der Waals surface area (Å²) in [7, 11) is 5.70. The van der Waals surface area contributed by atoms with Crippen LogP contribution in [0.1, 0.15) is 0 Å². The van der Waals surface area contributed by atoms with Gasteiger partial charge in [-0.3, -0.25) is 0 Å². The molecule has 0 N–H and O–H groups in total. The van der Waals surface area contributed by atoms with Crippen LogP contribution in [0.2, 0.25) is 0 Å². The third-order valence-electron chi connectivity index (χ3n) is 1.89. The summed E-state index contributed by atoms with van der Waals surface area (Å²) in [5, 5.41) is 2.32. The van der Waals surface area contributed by atoms with Gasteiger partial charge in [0.25, 0.3) is 0 Å². The number of benzene rings is 2. The zero-order valence-electron chi connectivity index (χ0n) is 6.72. The Balaban J connectivity index is 2.87. The highest BCUT2D eigenvalue weighted by molar-refractivity contribution is 9.11. The predicted octanol–water partition coefficient (Wildman–Crippen LogP) is 3.16. The minimum atomic E-state index is 0.788. The molecule has 0 heterocycles. The van der Waals surface area contributed by atoms with Crippen molar-refractivity contribution in [2.45, 2.75) is 0 Å². The van der Waals surface area contributed by atoms with Crippen LogP contribution in [-0.4, -0.2) is 7.85 Å². The maximum absolute atomic E-state index is 5.70. The van der Waals surface area contributed by atoms with Crippen LogP contribution in [0.3, 0.4) is 0 Å². The first-order valence-electron chi connectivity index (χ1n) is 3.81. The van der Waals surface area contributed by atoms with Crippen molar-refractivity contribution < 1.29 is 0 Å². The summed E-state index contributed by atoms with van der Waals surface area (Å²) in [4.78, 5) is 0. The molecule has 0 fully saturated rings. The summed E-state index contributed by atoms with van der Waals surface area (Å²) < 4.78 is 2.13. The molecule has 0 saturated carbocycles. The van der Waals surface area contributed by atoms with Crippen molar-refractivity contribution in [1.29, 1.82) is 0 Å². The zero-order valence-corrected chi connectivity index (χ0v) is 9.89. The molecule has 0 aliphatic rings. The molecule has 0 saturated heterocycles. The van der Waals surface area contributed by atoms with Crippen molar-refractivity contribution in [2.24, 2.45) is 0 Å². The Kier molecular flexibility index (Phi) is 2.48. The molecule has 13 heavy (non-hydrogen) atoms. The van der Waals surface area contributed by atoms with E-state index in [1.165, 1.54) is 5.39 Å². The van der Waals surface area contributed by atoms with E-state index in [2.05, 4.69) is 37.9 Å². The van der Waals surface area contributed by atoms with Gasteiger partial charge in [0.15, 0.2) is 0 Å². The zero-order chi connectivity index (χ0) is 9.42. The Labute approximate surface area is 95.0 Å². The minimum absolute atomic E-state index is 0.788. The van der Waals surface area contributed by atoms with Crippen molar-refractivity contribution in [3.05, 3.63) is 39.3 Å². The molecule has 2 radical (unpaired) electrons. The molecular weight excluding hydrogens is 291 g/mol. The standard InChI is InChI=1S/C10H5BBr2/c11-7-2-1-6-3-8(12)5-10(13)9(6)4-7/h1-5H. The molecule has 0 aromatic heterocycles. The first-order valence-corrected chi connectivity index (χ1v) is 5.40. The number of rotatable bonds is 0. The van der Waals surface area contributed by atoms with Gasteiger partial charge in [0.05, 0.1) is 0 Å². The highest BCUT2D eigenvalue weighted by Gasteiger charge is 1.99. The fraction of sp³-hybridized carbons (Fsp3) is 0. The lowest BCUT2D eigenvalue weighted by Gasteiger charge is -2.03. The van der Waals surface area contributed by atoms with E-state index >= 15 is 0 Å². The van der Waals surface area contributed by atoms with Gasteiger partial charge in [-0.1, -0.05) is 55.5 Å². The first-order chi connectivity index (χ1) is 6.16. The maximum atomic E-state index is 5.70. The summed E-state index contributed by atoms with van der Waals surface area (Å²) in [6.07, 6.45) is 0. The predicted molar refractivity (Wildman–Crippen MR) is 64.7 cm³/mol. The number of hydrogen-bond donors (Lipinski definition) is 0. The monoisotopic (exact) mass is 294 g/mol. The van der Waals surface area contributed by atoms with Crippen LogP contribution in [0.25, 0.3) is 10.8 Å². The molecule has 62 valence electrons. The topological polar surface area (TPSA) is 0 Å². The van der Waals surface area contributed by atoms with Crippen LogP contribution < -0.4 is 5.46 Å². The number of halogens is 2. The maximum Gasteiger partial charge on any atom is 0.113 e. The van der Waals surface area contributed by atoms with Gasteiger partial charge in [-0.15, -0.1) is 0 Å². The molecule has 0 unspecified atom stereocenters. The summed E-state index contributed by atoms with van der Waals surface area (Å²) in [6, 6.07) is 9.97. The highest BCUT2D eigenvalue weighted by atomic mass is 79.9. The van der Waals surface area contributed by atoms with Crippen LogP contribution in [-0.2, 0) is 0 Å². The van der Waals surface area contributed by atoms with Gasteiger partial charge in [-0.2, -0.15) is 0 Å². The van der Waals surface area contributed by atoms with Gasteiger partial charge in [0.2, 0.25) is 0 Å². The Hall–Kier alpha value is -0.275. The summed E-state index contributed by atoms with van der Waals surface area (Å²) in [6.45, 7) is 0. The van der Waals surface area contributed by atoms with E-state index in [1.807, 2.05) is 24.3 Å². The Morgan fingerprint density at radius 2 is 1.77 bits per heavy atom. The minimum Gasteiger partial charge on any atom is -0.0960 e. The third kappa shape index (κ3) is 1.81. The van der Waals surface area contributed by atoms with E-state index in [4.69, 9.17) is 7.85 Å². The lowest BCUT2D eigenvalue weighted by Crippen LogP contribution is -1.99. The summed E-state index contributed by atoms with van der Waals surface area (Å²) in [5.41, 5.74) is 0.788. The molecule has 0 aliphatic carbocycles. The Morgan fingerprint density at radius 3 is 2.54 bits per heavy atom. The van der Waals surface area contributed by atoms with Crippen molar-refractivity contribution in [3.63, 3.8) is 0 Å². The normalized spacial score (nSPS) is 10.6. The van der Waals surface area contributed by atoms with Gasteiger partial charge in [0, 0.05) is 8.95 Å². The van der Waals surface area contributed by atoms with E-state index in [0.717, 1.165) is 19.8 Å². The van der Waals surface area contributed by atoms with Gasteiger partial charge in [0.1, 0.15) is 7.85 Å². The van der Waals surface area contributed by atoms with E-state index < -0.39 is 0 Å². The molecule has 0 bridgehead atoms. The van der Waals surface area contributed by atoms with Crippen LogP contribution in [0.4, 0.5) is 0 Å². The van der Waals surface area contributed by atoms with Crippen molar-refractivity contribution in [2.75, 3.05) is 0 Å². The smallest absolute Gasteiger partial charge is 0.0960 e. The molecule has 0 nitrogen and oxygen atoms in total. The van der Waals surface area contributed by atoms with E-state index in [-0.39, 0.29) is 0 Å². The fourth-order valence-electron chi connectivity index (χ4n) is 1.30. The second-order valence-electron chi connectivity index (χ2n) is 2.87. The van der Waals surface area contributed by atoms with E-state index in [9.17, 15) is 0 Å². The second kappa shape index (κ2) is 3.47. The largest absolute Gasteiger partial charge is 0.113 e. The quantitative estimate of drug-likeness (QED) is 0.655. The Morgan fingerprint density at radius 1 is 1.00 bits per heavy atom. The van der Waals surface area contributed by atoms with Crippen LogP contribution in [0.15, 0.2) is 39.3 Å². The molecular formula is C10H5BBr2. The summed E-state index contributed by atoms with van der Waals surface area (Å²) in [5.74, 6) is 0. The molecule has 0 aliphatic heterocycles. The number of hydrogen-bond acceptors (Lipinski definition) is 0. The third-order valence-corrected chi connectivity index (χ3v) is 3.01. The molecule has 0 atom stereocenters. The van der Waals surface area contributed by atoms with Crippen molar-refractivity contribution in [3.8, 4) is 0 Å². The molecule has 2 aromatic carbocycles. The molecule has 3 heteroatoms. The van der Waals surface area contributed by atoms with E-state index in [0.29, 0.717) is 0 Å². The highest BCUT2D eigenvalue weighted by Crippen LogP contribution is 2.27. The molecule has 2 rings (SSSR count). The summed E-state index contributed by atoms with van der Waals surface area (Å²) >= 11 is 6.94. The second-order valence-corrected chi connectivity index (χ2v) is 4.64. The van der Waals surface area contributed by atoms with Crippen molar-refractivity contribution in [1.82, 2.24) is 0 Å². The van der Waals surface area contributed by atoms with Crippen molar-refractivity contribution >= 4 is 55.9 Å². The van der Waals surface area contributed by atoms with Gasteiger partial charge < -0.3 is 0 Å². The average Bonchev–Trinajstić information content (AvgIpc) is 2.06. The average molecular weight is 296 g/mol. The van der Waals surface area contributed by atoms with Crippen LogP contribution in [0.5, 0.6) is 0 Å². The van der Waals surface area contributed by atoms with Gasteiger partial charge in [-0.05, 0) is 22.9 Å². The first kappa shape index (κ1) is 9.29. The fourth-order valence-corrected chi connectivity index (χ4v) is 2.67.